The summed E-state index contributed by atoms with van der Waals surface area (Å²) in [4.78, 5) is 39.8. The number of H-pyrrole nitrogens is 1. The minimum atomic E-state index is -1.46. The summed E-state index contributed by atoms with van der Waals surface area (Å²) in [6.45, 7) is 1.48. The number of benzene rings is 3. The van der Waals surface area contributed by atoms with Gasteiger partial charge in [-0.1, -0.05) is 30.3 Å². The van der Waals surface area contributed by atoms with Gasteiger partial charge in [-0.15, -0.1) is 0 Å². The van der Waals surface area contributed by atoms with Gasteiger partial charge in [0.2, 0.25) is 0 Å². The van der Waals surface area contributed by atoms with Crippen LogP contribution in [-0.2, 0) is 16.0 Å². The molecule has 3 aromatic carbocycles. The van der Waals surface area contributed by atoms with E-state index in [1.165, 1.54) is 31.2 Å². The van der Waals surface area contributed by atoms with Crippen LogP contribution >= 0.6 is 0 Å². The minimum absolute atomic E-state index is 0.0384. The first-order valence-corrected chi connectivity index (χ1v) is 11.9. The number of rotatable bonds is 8. The molecule has 9 heteroatoms. The summed E-state index contributed by atoms with van der Waals surface area (Å²) in [7, 11) is 0. The predicted octanol–water partition coefficient (Wildman–Crippen LogP) is 2.89. The van der Waals surface area contributed by atoms with Gasteiger partial charge < -0.3 is 34.5 Å². The molecule has 0 radical (unpaired) electrons. The van der Waals surface area contributed by atoms with E-state index < -0.39 is 29.6 Å². The van der Waals surface area contributed by atoms with E-state index >= 15 is 0 Å². The summed E-state index contributed by atoms with van der Waals surface area (Å²) in [5, 5.41) is 25.4. The van der Waals surface area contributed by atoms with Crippen molar-refractivity contribution in [1.82, 2.24) is 10.3 Å². The van der Waals surface area contributed by atoms with Crippen molar-refractivity contribution in [3.05, 3.63) is 95.0 Å². The van der Waals surface area contributed by atoms with Crippen LogP contribution in [-0.4, -0.2) is 34.1 Å². The Hall–Kier alpha value is -5.05. The fraction of sp³-hybridized carbons (Fsp3) is 0.138. The lowest BCUT2D eigenvalue weighted by Crippen LogP contribution is -2.52. The maximum absolute atomic E-state index is 12.8. The molecule has 0 fully saturated rings. The number of aromatic nitrogens is 1. The number of nitrogens with one attached hydrogen (secondary N) is 2. The summed E-state index contributed by atoms with van der Waals surface area (Å²) in [6, 6.07) is 19.1. The number of amides is 1. The predicted molar refractivity (Wildman–Crippen MR) is 139 cm³/mol. The third-order valence-electron chi connectivity index (χ3n) is 6.26. The maximum Gasteiger partial charge on any atom is 0.336 e. The van der Waals surface area contributed by atoms with Crippen LogP contribution in [0.5, 0.6) is 11.5 Å². The average molecular weight is 512 g/mol. The number of aromatic amines is 1. The molecule has 0 spiro atoms. The quantitative estimate of drug-likeness (QED) is 0.272. The first-order valence-electron chi connectivity index (χ1n) is 11.9. The Balaban J connectivity index is 1.32. The number of carboxylic acid groups (broad SMARTS) is 1. The highest BCUT2D eigenvalue weighted by Gasteiger charge is 2.22. The fourth-order valence-electron chi connectivity index (χ4n) is 4.37. The van der Waals surface area contributed by atoms with Gasteiger partial charge in [0.25, 0.3) is 5.91 Å². The molecule has 0 aliphatic rings. The van der Waals surface area contributed by atoms with Gasteiger partial charge in [0.15, 0.2) is 6.10 Å². The second-order valence-corrected chi connectivity index (χ2v) is 8.89. The first-order chi connectivity index (χ1) is 18.3. The second-order valence-electron chi connectivity index (χ2n) is 8.89. The number of aliphatic carboxylic acids is 1. The zero-order valence-corrected chi connectivity index (χ0v) is 20.3. The maximum atomic E-state index is 12.8. The van der Waals surface area contributed by atoms with E-state index in [1.807, 2.05) is 30.3 Å². The van der Waals surface area contributed by atoms with Crippen LogP contribution in [0.1, 0.15) is 12.5 Å². The Kier molecular flexibility index (Phi) is 6.57. The van der Waals surface area contributed by atoms with Crippen molar-refractivity contribution >= 4 is 33.7 Å². The summed E-state index contributed by atoms with van der Waals surface area (Å²) in [6.07, 6.45) is 0.497. The molecule has 0 aliphatic heterocycles. The first kappa shape index (κ1) is 24.6. The van der Waals surface area contributed by atoms with Gasteiger partial charge in [0.05, 0.1) is 12.0 Å². The van der Waals surface area contributed by atoms with Crippen LogP contribution in [0, 0.1) is 0 Å². The van der Waals surface area contributed by atoms with E-state index in [9.17, 15) is 24.6 Å². The molecule has 2 heterocycles. The van der Waals surface area contributed by atoms with Gasteiger partial charge in [-0.2, -0.15) is 0 Å². The molecule has 0 saturated carbocycles. The standard InChI is InChI=1S/C29H24N2O7/c1-16(28(34)31-25(29(35)36)11-18-15-30-24-10-7-19(32)12-23(18)24)37-20-8-9-21-22(17-5-3-2-4-6-17)14-27(33)38-26(21)13-20/h2-10,12-16,25,30,32H,11H2,1H3,(H,31,34)(H,35,36)/p-1/t16-,25+/m0/s1. The summed E-state index contributed by atoms with van der Waals surface area (Å²) >= 11 is 0. The van der Waals surface area contributed by atoms with Crippen molar-refractivity contribution in [3.8, 4) is 22.6 Å². The van der Waals surface area contributed by atoms with Gasteiger partial charge in [0.1, 0.15) is 17.1 Å². The number of carboxylic acids is 1. The van der Waals surface area contributed by atoms with Crippen molar-refractivity contribution in [2.45, 2.75) is 25.5 Å². The van der Waals surface area contributed by atoms with E-state index in [4.69, 9.17) is 9.15 Å². The smallest absolute Gasteiger partial charge is 0.336 e. The molecule has 38 heavy (non-hydrogen) atoms. The van der Waals surface area contributed by atoms with Crippen LogP contribution in [0.15, 0.2) is 88.2 Å². The molecule has 3 N–H and O–H groups in total. The number of ether oxygens (including phenoxy) is 1. The number of carbonyl (C=O) groups excluding carboxylic acids is 2. The Morgan fingerprint density at radius 2 is 1.84 bits per heavy atom. The number of phenolic OH excluding ortho intramolecular Hbond substituents is 1. The second kappa shape index (κ2) is 10.1. The SMILES string of the molecule is C[C@H](Oc1ccc2c(-c3ccccc3)cc(=O)oc2c1)C(=O)N[C@H](Cc1c[nH]c2ccc(O)cc12)C(=O)[O-]. The van der Waals surface area contributed by atoms with Crippen molar-refractivity contribution in [1.29, 1.82) is 0 Å². The molecule has 0 aliphatic carbocycles. The molecule has 9 nitrogen and oxygen atoms in total. The Morgan fingerprint density at radius 3 is 2.61 bits per heavy atom. The van der Waals surface area contributed by atoms with Crippen molar-refractivity contribution in [2.24, 2.45) is 0 Å². The lowest BCUT2D eigenvalue weighted by atomic mass is 10.0. The largest absolute Gasteiger partial charge is 0.548 e. The average Bonchev–Trinajstić information content (AvgIpc) is 3.29. The van der Waals surface area contributed by atoms with E-state index in [0.29, 0.717) is 21.9 Å². The van der Waals surface area contributed by atoms with Gasteiger partial charge in [0, 0.05) is 41.0 Å². The van der Waals surface area contributed by atoms with Crippen molar-refractivity contribution in [2.75, 3.05) is 0 Å². The molecule has 0 unspecified atom stereocenters. The highest BCUT2D eigenvalue weighted by atomic mass is 16.5. The number of aromatic hydroxyl groups is 1. The molecule has 5 rings (SSSR count). The monoisotopic (exact) mass is 511 g/mol. The van der Waals surface area contributed by atoms with Crippen LogP contribution in [0.3, 0.4) is 0 Å². The Labute approximate surface area is 216 Å². The number of fused-ring (bicyclic) bond motifs is 2. The van der Waals surface area contributed by atoms with Crippen LogP contribution in [0.2, 0.25) is 0 Å². The van der Waals surface area contributed by atoms with E-state index in [-0.39, 0.29) is 23.5 Å². The molecule has 2 atom stereocenters. The van der Waals surface area contributed by atoms with E-state index in [2.05, 4.69) is 10.3 Å². The molecule has 0 bridgehead atoms. The van der Waals surface area contributed by atoms with Gasteiger partial charge in [-0.05, 0) is 53.9 Å². The summed E-state index contributed by atoms with van der Waals surface area (Å²) in [5.41, 5.74) is 2.63. The zero-order valence-electron chi connectivity index (χ0n) is 20.3. The normalized spacial score (nSPS) is 12.8. The van der Waals surface area contributed by atoms with E-state index in [0.717, 1.165) is 11.1 Å². The molecule has 1 amide bonds. The summed E-state index contributed by atoms with van der Waals surface area (Å²) < 4.78 is 11.1. The Bertz CT molecular complexity index is 1710. The third-order valence-corrected chi connectivity index (χ3v) is 6.26. The molecular weight excluding hydrogens is 488 g/mol. The number of carbonyl (C=O) groups is 2. The summed E-state index contributed by atoms with van der Waals surface area (Å²) in [5.74, 6) is -1.82. The van der Waals surface area contributed by atoms with Crippen LogP contribution in [0.25, 0.3) is 33.0 Å². The number of hydrogen-bond acceptors (Lipinski definition) is 7. The van der Waals surface area contributed by atoms with Crippen LogP contribution < -0.4 is 20.8 Å². The molecule has 5 aromatic rings. The highest BCUT2D eigenvalue weighted by molar-refractivity contribution is 5.94. The van der Waals surface area contributed by atoms with Crippen molar-refractivity contribution in [3.63, 3.8) is 0 Å². The van der Waals surface area contributed by atoms with Gasteiger partial charge >= 0.3 is 5.63 Å². The third kappa shape index (κ3) is 5.08. The van der Waals surface area contributed by atoms with E-state index in [1.54, 1.807) is 24.4 Å². The fourth-order valence-corrected chi connectivity index (χ4v) is 4.37. The minimum Gasteiger partial charge on any atom is -0.548 e. The van der Waals surface area contributed by atoms with Gasteiger partial charge in [-0.25, -0.2) is 4.79 Å². The Morgan fingerprint density at radius 1 is 1.05 bits per heavy atom. The molecule has 192 valence electrons. The number of hydrogen-bond donors (Lipinski definition) is 3. The lowest BCUT2D eigenvalue weighted by Gasteiger charge is -2.22. The molecule has 0 saturated heterocycles. The number of phenols is 1. The zero-order chi connectivity index (χ0) is 26.8. The van der Waals surface area contributed by atoms with Gasteiger partial charge in [-0.3, -0.25) is 4.79 Å². The van der Waals surface area contributed by atoms with Crippen molar-refractivity contribution < 1.29 is 29.0 Å². The molecular formula is C29H23N2O7-. The lowest BCUT2D eigenvalue weighted by molar-refractivity contribution is -0.308. The van der Waals surface area contributed by atoms with Crippen LogP contribution in [0.4, 0.5) is 0 Å². The molecule has 2 aromatic heterocycles. The topological polar surface area (TPSA) is 145 Å². The highest BCUT2D eigenvalue weighted by Crippen LogP contribution is 2.30.